The van der Waals surface area contributed by atoms with E-state index < -0.39 is 11.9 Å². The fourth-order valence-electron chi connectivity index (χ4n) is 1.97. The van der Waals surface area contributed by atoms with Crippen LogP contribution in [0.2, 0.25) is 0 Å². The number of nitrogens with zero attached hydrogens (tertiary/aromatic N) is 2. The second-order valence-electron chi connectivity index (χ2n) is 5.27. The fraction of sp³-hybridized carbons (Fsp3) is 0.278. The zero-order valence-electron chi connectivity index (χ0n) is 14.3. The third-order valence-corrected chi connectivity index (χ3v) is 3.27. The van der Waals surface area contributed by atoms with Crippen molar-refractivity contribution in [2.75, 3.05) is 20.7 Å². The van der Waals surface area contributed by atoms with Crippen molar-refractivity contribution in [3.63, 3.8) is 0 Å². The molecule has 0 saturated heterocycles. The van der Waals surface area contributed by atoms with Crippen LogP contribution in [-0.4, -0.2) is 52.7 Å². The Kier molecular flexibility index (Phi) is 8.67. The Morgan fingerprint density at radius 3 is 2.20 bits per heavy atom. The number of likely N-dealkylation sites (N-methyl/N-ethyl adjacent to an activating group) is 1. The first-order chi connectivity index (χ1) is 11.9. The quantitative estimate of drug-likeness (QED) is 0.771. The number of carboxylic acid groups (broad SMARTS) is 2. The highest BCUT2D eigenvalue weighted by atomic mass is 16.5. The zero-order valence-corrected chi connectivity index (χ0v) is 14.3. The maximum atomic E-state index is 9.10. The molecule has 0 bridgehead atoms. The number of carboxylic acids is 2. The van der Waals surface area contributed by atoms with Gasteiger partial charge in [0, 0.05) is 31.4 Å². The Morgan fingerprint density at radius 2 is 1.72 bits per heavy atom. The standard InChI is InChI=1S/C16H20N2O.C2H2O4/c1-18(12-10-15-5-3-4-11-17-15)13-14-6-8-16(19-2)9-7-14;3-1(4)2(5)6/h3-9,11H,10,12-13H2,1-2H3;(H,3,4)(H,5,6). The highest BCUT2D eigenvalue weighted by Gasteiger charge is 2.04. The summed E-state index contributed by atoms with van der Waals surface area (Å²) in [5.74, 6) is -2.75. The van der Waals surface area contributed by atoms with Crippen LogP contribution in [0.5, 0.6) is 5.75 Å². The van der Waals surface area contributed by atoms with Gasteiger partial charge in [-0.05, 0) is 36.9 Å². The Labute approximate surface area is 146 Å². The minimum atomic E-state index is -1.82. The number of hydrogen-bond donors (Lipinski definition) is 2. The summed E-state index contributed by atoms with van der Waals surface area (Å²) < 4.78 is 5.16. The molecule has 0 atom stereocenters. The number of benzene rings is 1. The Balaban J connectivity index is 0.000000450. The van der Waals surface area contributed by atoms with Crippen molar-refractivity contribution in [1.82, 2.24) is 9.88 Å². The lowest BCUT2D eigenvalue weighted by Gasteiger charge is -2.16. The van der Waals surface area contributed by atoms with Gasteiger partial charge in [-0.25, -0.2) is 9.59 Å². The van der Waals surface area contributed by atoms with Crippen LogP contribution in [0, 0.1) is 0 Å². The molecule has 0 aliphatic heterocycles. The summed E-state index contributed by atoms with van der Waals surface area (Å²) in [5.41, 5.74) is 2.44. The third kappa shape index (κ3) is 8.47. The highest BCUT2D eigenvalue weighted by molar-refractivity contribution is 6.27. The van der Waals surface area contributed by atoms with Crippen molar-refractivity contribution in [3.05, 3.63) is 59.9 Å². The molecule has 0 aliphatic carbocycles. The first kappa shape index (κ1) is 20.1. The van der Waals surface area contributed by atoms with Crippen molar-refractivity contribution in [2.45, 2.75) is 13.0 Å². The molecule has 0 spiro atoms. The van der Waals surface area contributed by atoms with Gasteiger partial charge >= 0.3 is 11.9 Å². The van der Waals surface area contributed by atoms with E-state index in [9.17, 15) is 0 Å². The maximum absolute atomic E-state index is 9.10. The highest BCUT2D eigenvalue weighted by Crippen LogP contribution is 2.12. The average molecular weight is 346 g/mol. The lowest BCUT2D eigenvalue weighted by atomic mass is 10.2. The molecule has 2 N–H and O–H groups in total. The molecule has 25 heavy (non-hydrogen) atoms. The van der Waals surface area contributed by atoms with Gasteiger partial charge in [-0.15, -0.1) is 0 Å². The minimum Gasteiger partial charge on any atom is -0.497 e. The van der Waals surface area contributed by atoms with E-state index >= 15 is 0 Å². The summed E-state index contributed by atoms with van der Waals surface area (Å²) in [6.07, 6.45) is 2.83. The van der Waals surface area contributed by atoms with Gasteiger partial charge in [0.05, 0.1) is 7.11 Å². The maximum Gasteiger partial charge on any atom is 0.414 e. The number of pyridine rings is 1. The molecule has 1 aromatic heterocycles. The molecule has 7 heteroatoms. The molecule has 1 aromatic carbocycles. The molecule has 1 heterocycles. The van der Waals surface area contributed by atoms with Crippen molar-refractivity contribution in [1.29, 1.82) is 0 Å². The van der Waals surface area contributed by atoms with Crippen LogP contribution in [0.4, 0.5) is 0 Å². The molecule has 0 amide bonds. The summed E-state index contributed by atoms with van der Waals surface area (Å²) in [6, 6.07) is 14.3. The van der Waals surface area contributed by atoms with E-state index in [1.807, 2.05) is 30.5 Å². The van der Waals surface area contributed by atoms with Crippen LogP contribution in [0.25, 0.3) is 0 Å². The van der Waals surface area contributed by atoms with Crippen LogP contribution >= 0.6 is 0 Å². The minimum absolute atomic E-state index is 0.903. The third-order valence-electron chi connectivity index (χ3n) is 3.27. The van der Waals surface area contributed by atoms with Crippen molar-refractivity contribution < 1.29 is 24.5 Å². The van der Waals surface area contributed by atoms with Gasteiger partial charge in [-0.3, -0.25) is 4.98 Å². The first-order valence-electron chi connectivity index (χ1n) is 7.60. The van der Waals surface area contributed by atoms with Gasteiger partial charge in [0.1, 0.15) is 5.75 Å². The molecule has 7 nitrogen and oxygen atoms in total. The zero-order chi connectivity index (χ0) is 18.7. The van der Waals surface area contributed by atoms with Crippen LogP contribution in [0.1, 0.15) is 11.3 Å². The van der Waals surface area contributed by atoms with Crippen LogP contribution < -0.4 is 4.74 Å². The van der Waals surface area contributed by atoms with E-state index in [1.165, 1.54) is 5.56 Å². The number of hydrogen-bond acceptors (Lipinski definition) is 5. The largest absolute Gasteiger partial charge is 0.497 e. The first-order valence-corrected chi connectivity index (χ1v) is 7.60. The average Bonchev–Trinajstić information content (AvgIpc) is 2.62. The Hall–Kier alpha value is -2.93. The van der Waals surface area contributed by atoms with E-state index in [1.54, 1.807) is 7.11 Å². The number of rotatable bonds is 6. The van der Waals surface area contributed by atoms with Gasteiger partial charge in [-0.1, -0.05) is 18.2 Å². The fourth-order valence-corrected chi connectivity index (χ4v) is 1.97. The molecule has 0 fully saturated rings. The SMILES string of the molecule is COc1ccc(CN(C)CCc2ccccn2)cc1.O=C(O)C(=O)O. The van der Waals surface area contributed by atoms with Crippen LogP contribution in [0.3, 0.4) is 0 Å². The van der Waals surface area contributed by atoms with E-state index in [2.05, 4.69) is 35.1 Å². The second-order valence-corrected chi connectivity index (χ2v) is 5.27. The van der Waals surface area contributed by atoms with E-state index in [0.29, 0.717) is 0 Å². The van der Waals surface area contributed by atoms with E-state index in [4.69, 9.17) is 24.5 Å². The topological polar surface area (TPSA) is 100.0 Å². The molecule has 0 unspecified atom stereocenters. The van der Waals surface area contributed by atoms with Gasteiger partial charge in [0.2, 0.25) is 0 Å². The summed E-state index contributed by atoms with van der Waals surface area (Å²) in [5, 5.41) is 14.8. The van der Waals surface area contributed by atoms with Gasteiger partial charge in [0.25, 0.3) is 0 Å². The lowest BCUT2D eigenvalue weighted by molar-refractivity contribution is -0.159. The lowest BCUT2D eigenvalue weighted by Crippen LogP contribution is -2.20. The molecular weight excluding hydrogens is 324 g/mol. The summed E-state index contributed by atoms with van der Waals surface area (Å²) in [6.45, 7) is 1.94. The number of methoxy groups -OCH3 is 1. The smallest absolute Gasteiger partial charge is 0.414 e. The molecule has 0 saturated carbocycles. The number of ether oxygens (including phenoxy) is 1. The predicted octanol–water partition coefficient (Wildman–Crippen LogP) is 1.92. The normalized spacial score (nSPS) is 9.88. The van der Waals surface area contributed by atoms with E-state index in [0.717, 1.165) is 31.0 Å². The van der Waals surface area contributed by atoms with Crippen LogP contribution in [0.15, 0.2) is 48.7 Å². The van der Waals surface area contributed by atoms with Gasteiger partial charge < -0.3 is 19.8 Å². The van der Waals surface area contributed by atoms with Gasteiger partial charge in [0.15, 0.2) is 0 Å². The number of aliphatic carboxylic acids is 2. The van der Waals surface area contributed by atoms with Crippen LogP contribution in [-0.2, 0) is 22.6 Å². The monoisotopic (exact) mass is 346 g/mol. The van der Waals surface area contributed by atoms with Crippen molar-refractivity contribution in [2.24, 2.45) is 0 Å². The van der Waals surface area contributed by atoms with Crippen molar-refractivity contribution >= 4 is 11.9 Å². The molecule has 134 valence electrons. The van der Waals surface area contributed by atoms with Gasteiger partial charge in [-0.2, -0.15) is 0 Å². The molecule has 2 aromatic rings. The Morgan fingerprint density at radius 1 is 1.08 bits per heavy atom. The summed E-state index contributed by atoms with van der Waals surface area (Å²) in [4.78, 5) is 24.8. The number of carbonyl (C=O) groups is 2. The molecule has 0 aliphatic rings. The molecular formula is C18H22N2O5. The molecule has 2 rings (SSSR count). The summed E-state index contributed by atoms with van der Waals surface area (Å²) in [7, 11) is 3.82. The molecule has 0 radical (unpaired) electrons. The Bertz CT molecular complexity index is 647. The summed E-state index contributed by atoms with van der Waals surface area (Å²) >= 11 is 0. The second kappa shape index (κ2) is 10.8. The van der Waals surface area contributed by atoms with Crippen molar-refractivity contribution in [3.8, 4) is 5.75 Å². The number of aromatic nitrogens is 1. The van der Waals surface area contributed by atoms with E-state index in [-0.39, 0.29) is 0 Å². The predicted molar refractivity (Wildman–Crippen MR) is 92.5 cm³/mol.